The molecule has 2 heterocycles. The lowest BCUT2D eigenvalue weighted by atomic mass is 9.98. The summed E-state index contributed by atoms with van der Waals surface area (Å²) in [5.74, 6) is 1.41. The first-order chi connectivity index (χ1) is 12.5. The van der Waals surface area contributed by atoms with Crippen molar-refractivity contribution >= 4 is 10.0 Å². The van der Waals surface area contributed by atoms with Crippen molar-refractivity contribution in [1.29, 1.82) is 0 Å². The average Bonchev–Trinajstić information content (AvgIpc) is 3.11. The van der Waals surface area contributed by atoms with Crippen LogP contribution >= 0.6 is 0 Å². The number of nitrogens with one attached hydrogen (secondary N) is 1. The number of benzene rings is 1. The van der Waals surface area contributed by atoms with E-state index in [1.165, 1.54) is 21.7 Å². The third-order valence-electron chi connectivity index (χ3n) is 4.81. The lowest BCUT2D eigenvalue weighted by molar-refractivity contribution is 0.306. The number of hydrogen-bond acceptors (Lipinski definition) is 6. The normalized spacial score (nSPS) is 16.8. The lowest BCUT2D eigenvalue weighted by Crippen LogP contribution is -2.37. The minimum Gasteiger partial charge on any atom is -0.338 e. The predicted octanol–water partition coefficient (Wildman–Crippen LogP) is 2.06. The molecule has 0 spiro atoms. The molecule has 0 amide bonds. The van der Waals surface area contributed by atoms with Gasteiger partial charge in [0.15, 0.2) is 5.82 Å². The zero-order valence-corrected chi connectivity index (χ0v) is 16.1. The Balaban J connectivity index is 1.47. The molecule has 0 radical (unpaired) electrons. The minimum absolute atomic E-state index is 0.159. The van der Waals surface area contributed by atoms with Gasteiger partial charge in [0.1, 0.15) is 0 Å². The molecular weight excluding hydrogens is 352 g/mol. The summed E-state index contributed by atoms with van der Waals surface area (Å²) in [5.41, 5.74) is 2.55. The fraction of sp³-hybridized carbons (Fsp3) is 0.556. The first-order valence-corrected chi connectivity index (χ1v) is 10.9. The Morgan fingerprint density at radius 2 is 1.81 bits per heavy atom. The maximum absolute atomic E-state index is 11.6. The SMILES string of the molecule is CCc1ccc(CNCc2nc(C3CCN(S(C)(=O)=O)CC3)no2)cc1. The van der Waals surface area contributed by atoms with E-state index in [1.54, 1.807) is 0 Å². The van der Waals surface area contributed by atoms with Crippen molar-refractivity contribution in [3.63, 3.8) is 0 Å². The quantitative estimate of drug-likeness (QED) is 0.793. The highest BCUT2D eigenvalue weighted by Crippen LogP contribution is 2.26. The summed E-state index contributed by atoms with van der Waals surface area (Å²) in [6.07, 6.45) is 3.75. The van der Waals surface area contributed by atoms with E-state index in [0.717, 1.165) is 25.8 Å². The van der Waals surface area contributed by atoms with Gasteiger partial charge in [0, 0.05) is 25.6 Å². The van der Waals surface area contributed by atoms with Crippen molar-refractivity contribution in [2.75, 3.05) is 19.3 Å². The number of sulfonamides is 1. The molecule has 7 nitrogen and oxygen atoms in total. The first kappa shape index (κ1) is 19.0. The van der Waals surface area contributed by atoms with Gasteiger partial charge in [-0.15, -0.1) is 0 Å². The molecule has 0 unspecified atom stereocenters. The summed E-state index contributed by atoms with van der Waals surface area (Å²) in [7, 11) is -3.11. The molecule has 0 saturated carbocycles. The van der Waals surface area contributed by atoms with Crippen molar-refractivity contribution in [1.82, 2.24) is 19.8 Å². The molecule has 8 heteroatoms. The van der Waals surface area contributed by atoms with Gasteiger partial charge in [0.05, 0.1) is 12.8 Å². The highest BCUT2D eigenvalue weighted by molar-refractivity contribution is 7.88. The van der Waals surface area contributed by atoms with Crippen LogP contribution in [0.5, 0.6) is 0 Å². The van der Waals surface area contributed by atoms with E-state index >= 15 is 0 Å². The zero-order chi connectivity index (χ0) is 18.6. The van der Waals surface area contributed by atoms with Crippen molar-refractivity contribution in [3.05, 3.63) is 47.1 Å². The summed E-state index contributed by atoms with van der Waals surface area (Å²) < 4.78 is 30.0. The third kappa shape index (κ3) is 4.90. The fourth-order valence-corrected chi connectivity index (χ4v) is 4.03. The van der Waals surface area contributed by atoms with Crippen LogP contribution in [0.15, 0.2) is 28.8 Å². The molecule has 0 aliphatic carbocycles. The van der Waals surface area contributed by atoms with Gasteiger partial charge in [-0.2, -0.15) is 4.98 Å². The van der Waals surface area contributed by atoms with Gasteiger partial charge in [-0.3, -0.25) is 0 Å². The van der Waals surface area contributed by atoms with Gasteiger partial charge in [-0.05, 0) is 30.4 Å². The topological polar surface area (TPSA) is 88.3 Å². The van der Waals surface area contributed by atoms with E-state index in [4.69, 9.17) is 4.52 Å². The fourth-order valence-electron chi connectivity index (χ4n) is 3.16. The molecule has 3 rings (SSSR count). The molecule has 0 bridgehead atoms. The summed E-state index contributed by atoms with van der Waals surface area (Å²) in [4.78, 5) is 4.47. The number of nitrogens with zero attached hydrogens (tertiary/aromatic N) is 3. The van der Waals surface area contributed by atoms with E-state index in [9.17, 15) is 8.42 Å². The average molecular weight is 378 g/mol. The summed E-state index contributed by atoms with van der Waals surface area (Å²) in [5, 5.41) is 7.40. The molecular formula is C18H26N4O3S. The molecule has 1 aliphatic heterocycles. The van der Waals surface area contributed by atoms with E-state index in [2.05, 4.69) is 46.6 Å². The Labute approximate surface area is 154 Å². The Morgan fingerprint density at radius 3 is 2.42 bits per heavy atom. The summed E-state index contributed by atoms with van der Waals surface area (Å²) in [6.45, 7) is 4.43. The monoisotopic (exact) mass is 378 g/mol. The second-order valence-corrected chi connectivity index (χ2v) is 8.74. The van der Waals surface area contributed by atoms with Gasteiger partial charge in [-0.1, -0.05) is 36.3 Å². The van der Waals surface area contributed by atoms with E-state index in [1.807, 2.05) is 0 Å². The van der Waals surface area contributed by atoms with Crippen LogP contribution in [0.4, 0.5) is 0 Å². The molecule has 1 N–H and O–H groups in total. The first-order valence-electron chi connectivity index (χ1n) is 9.02. The molecule has 26 heavy (non-hydrogen) atoms. The molecule has 1 aromatic heterocycles. The van der Waals surface area contributed by atoms with Gasteiger partial charge >= 0.3 is 0 Å². The van der Waals surface area contributed by atoms with Crippen LogP contribution in [-0.4, -0.2) is 42.2 Å². The number of rotatable bonds is 7. The Bertz CT molecular complexity index is 809. The van der Waals surface area contributed by atoms with Gasteiger partial charge in [0.25, 0.3) is 0 Å². The maximum atomic E-state index is 11.6. The van der Waals surface area contributed by atoms with Crippen LogP contribution in [0.1, 0.15) is 48.5 Å². The zero-order valence-electron chi connectivity index (χ0n) is 15.3. The molecule has 0 atom stereocenters. The summed E-state index contributed by atoms with van der Waals surface area (Å²) in [6, 6.07) is 8.54. The molecule has 1 aliphatic rings. The summed E-state index contributed by atoms with van der Waals surface area (Å²) >= 11 is 0. The Morgan fingerprint density at radius 1 is 1.15 bits per heavy atom. The predicted molar refractivity (Wildman–Crippen MR) is 99.1 cm³/mol. The van der Waals surface area contributed by atoms with E-state index in [0.29, 0.717) is 31.3 Å². The van der Waals surface area contributed by atoms with Crippen LogP contribution in [-0.2, 0) is 29.5 Å². The third-order valence-corrected chi connectivity index (χ3v) is 6.11. The molecule has 1 aromatic carbocycles. The Kier molecular flexibility index (Phi) is 6.05. The van der Waals surface area contributed by atoms with E-state index in [-0.39, 0.29) is 5.92 Å². The van der Waals surface area contributed by atoms with Crippen molar-refractivity contribution < 1.29 is 12.9 Å². The standard InChI is InChI=1S/C18H26N4O3S/c1-3-14-4-6-15(7-5-14)12-19-13-17-20-18(21-25-17)16-8-10-22(11-9-16)26(2,23)24/h4-7,16,19H,3,8-13H2,1-2H3. The molecule has 142 valence electrons. The smallest absolute Gasteiger partial charge is 0.240 e. The second-order valence-electron chi connectivity index (χ2n) is 6.76. The molecule has 1 fully saturated rings. The van der Waals surface area contributed by atoms with Crippen LogP contribution in [0.3, 0.4) is 0 Å². The second kappa shape index (κ2) is 8.28. The maximum Gasteiger partial charge on any atom is 0.240 e. The minimum atomic E-state index is -3.11. The number of hydrogen-bond donors (Lipinski definition) is 1. The van der Waals surface area contributed by atoms with Crippen LogP contribution in [0, 0.1) is 0 Å². The van der Waals surface area contributed by atoms with Crippen LogP contribution < -0.4 is 5.32 Å². The van der Waals surface area contributed by atoms with Crippen molar-refractivity contribution in [3.8, 4) is 0 Å². The highest BCUT2D eigenvalue weighted by Gasteiger charge is 2.28. The van der Waals surface area contributed by atoms with Gasteiger partial charge < -0.3 is 9.84 Å². The lowest BCUT2D eigenvalue weighted by Gasteiger charge is -2.28. The van der Waals surface area contributed by atoms with Crippen LogP contribution in [0.25, 0.3) is 0 Å². The van der Waals surface area contributed by atoms with E-state index < -0.39 is 10.0 Å². The van der Waals surface area contributed by atoms with Gasteiger partial charge in [0.2, 0.25) is 15.9 Å². The Hall–Kier alpha value is -1.77. The number of aromatic nitrogens is 2. The van der Waals surface area contributed by atoms with Crippen molar-refractivity contribution in [2.45, 2.75) is 45.2 Å². The number of aryl methyl sites for hydroxylation is 1. The van der Waals surface area contributed by atoms with Gasteiger partial charge in [-0.25, -0.2) is 12.7 Å². The molecule has 2 aromatic rings. The highest BCUT2D eigenvalue weighted by atomic mass is 32.2. The van der Waals surface area contributed by atoms with Crippen molar-refractivity contribution in [2.24, 2.45) is 0 Å². The number of piperidine rings is 1. The largest absolute Gasteiger partial charge is 0.338 e. The van der Waals surface area contributed by atoms with Crippen LogP contribution in [0.2, 0.25) is 0 Å². The molecule has 1 saturated heterocycles.